The fourth-order valence-corrected chi connectivity index (χ4v) is 3.06. The van der Waals surface area contributed by atoms with Crippen LogP contribution in [0.15, 0.2) is 36.4 Å². The van der Waals surface area contributed by atoms with E-state index in [0.717, 1.165) is 17.4 Å². The average molecular weight is 332 g/mol. The van der Waals surface area contributed by atoms with Gasteiger partial charge < -0.3 is 5.32 Å². The maximum Gasteiger partial charge on any atom is 0.256 e. The first kappa shape index (κ1) is 17.0. The van der Waals surface area contributed by atoms with E-state index in [1.54, 1.807) is 25.1 Å². The van der Waals surface area contributed by atoms with Crippen LogP contribution in [0.25, 0.3) is 0 Å². The van der Waals surface area contributed by atoms with Gasteiger partial charge in [-0.25, -0.2) is 8.42 Å². The molecule has 0 radical (unpaired) electrons. The van der Waals surface area contributed by atoms with E-state index in [0.29, 0.717) is 22.5 Å². The topological polar surface area (TPSA) is 75.3 Å². The summed E-state index contributed by atoms with van der Waals surface area (Å²) in [6, 6.07) is 10.7. The lowest BCUT2D eigenvalue weighted by atomic mass is 10.1. The molecule has 1 amide bonds. The Labute approximate surface area is 136 Å². The first-order valence-corrected chi connectivity index (χ1v) is 9.02. The molecule has 5 nitrogen and oxygen atoms in total. The molecular weight excluding hydrogens is 312 g/mol. The average Bonchev–Trinajstić information content (AvgIpc) is 2.38. The summed E-state index contributed by atoms with van der Waals surface area (Å²) in [6.07, 6.45) is 1.08. The van der Waals surface area contributed by atoms with E-state index in [-0.39, 0.29) is 5.91 Å². The fraction of sp³-hybridized carbons (Fsp3) is 0.235. The molecule has 2 aromatic carbocycles. The van der Waals surface area contributed by atoms with Gasteiger partial charge in [-0.15, -0.1) is 0 Å². The molecule has 0 aliphatic carbocycles. The summed E-state index contributed by atoms with van der Waals surface area (Å²) in [7, 11) is -3.39. The molecule has 0 aromatic heterocycles. The molecule has 0 saturated carbocycles. The van der Waals surface area contributed by atoms with Gasteiger partial charge in [0.15, 0.2) is 0 Å². The predicted molar refractivity (Wildman–Crippen MR) is 93.5 cm³/mol. The highest BCUT2D eigenvalue weighted by Crippen LogP contribution is 2.22. The molecule has 0 spiro atoms. The van der Waals surface area contributed by atoms with E-state index in [9.17, 15) is 13.2 Å². The van der Waals surface area contributed by atoms with Crippen LogP contribution in [0.2, 0.25) is 0 Å². The number of hydrogen-bond acceptors (Lipinski definition) is 3. The Hall–Kier alpha value is -2.34. The molecule has 6 heteroatoms. The van der Waals surface area contributed by atoms with Crippen molar-refractivity contribution in [3.05, 3.63) is 58.7 Å². The molecule has 0 aliphatic heterocycles. The molecule has 0 bridgehead atoms. The Kier molecular flexibility index (Phi) is 4.75. The quantitative estimate of drug-likeness (QED) is 0.902. The van der Waals surface area contributed by atoms with Crippen molar-refractivity contribution in [3.8, 4) is 0 Å². The van der Waals surface area contributed by atoms with Crippen molar-refractivity contribution >= 4 is 27.3 Å². The predicted octanol–water partition coefficient (Wildman–Crippen LogP) is 3.24. The minimum atomic E-state index is -3.39. The summed E-state index contributed by atoms with van der Waals surface area (Å²) in [5.74, 6) is -0.273. The number of amides is 1. The molecule has 0 fully saturated rings. The lowest BCUT2D eigenvalue weighted by molar-refractivity contribution is 0.102. The van der Waals surface area contributed by atoms with Gasteiger partial charge in [-0.05, 0) is 61.7 Å². The summed E-state index contributed by atoms with van der Waals surface area (Å²) in [4.78, 5) is 12.5. The number of aryl methyl sites for hydroxylation is 2. The van der Waals surface area contributed by atoms with Gasteiger partial charge in [-0.2, -0.15) is 0 Å². The van der Waals surface area contributed by atoms with Crippen LogP contribution in [0.3, 0.4) is 0 Å². The summed E-state index contributed by atoms with van der Waals surface area (Å²) in [6.45, 7) is 5.64. The van der Waals surface area contributed by atoms with Crippen LogP contribution >= 0.6 is 0 Å². The molecule has 0 aliphatic rings. The van der Waals surface area contributed by atoms with Crippen LogP contribution in [0.5, 0.6) is 0 Å². The SMILES string of the molecule is Cc1cc(C)cc(NC(=O)c2cccc(NS(C)(=O)=O)c2C)c1. The maximum atomic E-state index is 12.5. The fourth-order valence-electron chi connectivity index (χ4n) is 2.44. The Morgan fingerprint density at radius 1 is 1.00 bits per heavy atom. The monoisotopic (exact) mass is 332 g/mol. The van der Waals surface area contributed by atoms with E-state index in [4.69, 9.17) is 0 Å². The Morgan fingerprint density at radius 2 is 1.61 bits per heavy atom. The van der Waals surface area contributed by atoms with Crippen LogP contribution in [0.4, 0.5) is 11.4 Å². The van der Waals surface area contributed by atoms with Gasteiger partial charge in [-0.1, -0.05) is 12.1 Å². The number of rotatable bonds is 4. The third-order valence-electron chi connectivity index (χ3n) is 3.35. The largest absolute Gasteiger partial charge is 0.322 e. The third kappa shape index (κ3) is 4.56. The zero-order valence-corrected chi connectivity index (χ0v) is 14.4. The summed E-state index contributed by atoms with van der Waals surface area (Å²) in [5, 5.41) is 2.85. The highest BCUT2D eigenvalue weighted by molar-refractivity contribution is 7.92. The maximum absolute atomic E-state index is 12.5. The van der Waals surface area contributed by atoms with Gasteiger partial charge in [-0.3, -0.25) is 9.52 Å². The molecule has 0 atom stereocenters. The number of nitrogens with one attached hydrogen (secondary N) is 2. The molecule has 2 aromatic rings. The van der Waals surface area contributed by atoms with E-state index in [1.807, 2.05) is 32.0 Å². The van der Waals surface area contributed by atoms with Crippen molar-refractivity contribution < 1.29 is 13.2 Å². The van der Waals surface area contributed by atoms with Crippen molar-refractivity contribution in [3.63, 3.8) is 0 Å². The van der Waals surface area contributed by atoms with Crippen molar-refractivity contribution in [2.24, 2.45) is 0 Å². The third-order valence-corrected chi connectivity index (χ3v) is 3.94. The number of hydrogen-bond donors (Lipinski definition) is 2. The molecule has 0 heterocycles. The minimum Gasteiger partial charge on any atom is -0.322 e. The van der Waals surface area contributed by atoms with Crippen LogP contribution in [0.1, 0.15) is 27.0 Å². The molecular formula is C17H20N2O3S. The number of anilines is 2. The van der Waals surface area contributed by atoms with Gasteiger partial charge in [0.05, 0.1) is 11.9 Å². The van der Waals surface area contributed by atoms with E-state index in [2.05, 4.69) is 10.0 Å². The van der Waals surface area contributed by atoms with Gasteiger partial charge >= 0.3 is 0 Å². The minimum absolute atomic E-state index is 0.273. The summed E-state index contributed by atoms with van der Waals surface area (Å²) >= 11 is 0. The van der Waals surface area contributed by atoms with Gasteiger partial charge in [0.25, 0.3) is 5.91 Å². The van der Waals surface area contributed by atoms with Gasteiger partial charge in [0, 0.05) is 11.3 Å². The number of benzene rings is 2. The second-order valence-corrected chi connectivity index (χ2v) is 7.43. The van der Waals surface area contributed by atoms with E-state index < -0.39 is 10.0 Å². The van der Waals surface area contributed by atoms with Gasteiger partial charge in [0.2, 0.25) is 10.0 Å². The Bertz CT molecular complexity index is 838. The number of sulfonamides is 1. The molecule has 0 saturated heterocycles. The second-order valence-electron chi connectivity index (χ2n) is 5.68. The highest BCUT2D eigenvalue weighted by atomic mass is 32.2. The van der Waals surface area contributed by atoms with Crippen molar-refractivity contribution in [2.75, 3.05) is 16.3 Å². The van der Waals surface area contributed by atoms with Crippen LogP contribution < -0.4 is 10.0 Å². The zero-order valence-electron chi connectivity index (χ0n) is 13.6. The van der Waals surface area contributed by atoms with Gasteiger partial charge in [0.1, 0.15) is 0 Å². The van der Waals surface area contributed by atoms with Crippen LogP contribution in [-0.4, -0.2) is 20.6 Å². The zero-order chi connectivity index (χ0) is 17.2. The lowest BCUT2D eigenvalue weighted by Gasteiger charge is -2.13. The summed E-state index contributed by atoms with van der Waals surface area (Å²) < 4.78 is 25.2. The van der Waals surface area contributed by atoms with E-state index in [1.165, 1.54) is 0 Å². The molecule has 23 heavy (non-hydrogen) atoms. The normalized spacial score (nSPS) is 11.1. The van der Waals surface area contributed by atoms with Crippen molar-refractivity contribution in [1.29, 1.82) is 0 Å². The van der Waals surface area contributed by atoms with Crippen molar-refractivity contribution in [1.82, 2.24) is 0 Å². The standard InChI is InChI=1S/C17H20N2O3S/c1-11-8-12(2)10-14(9-11)18-17(20)15-6-5-7-16(13(15)3)19-23(4,21)22/h5-10,19H,1-4H3,(H,18,20). The smallest absolute Gasteiger partial charge is 0.256 e. The second kappa shape index (κ2) is 6.42. The first-order valence-electron chi connectivity index (χ1n) is 7.13. The molecule has 122 valence electrons. The number of carbonyl (C=O) groups excluding carboxylic acids is 1. The van der Waals surface area contributed by atoms with Crippen LogP contribution in [-0.2, 0) is 10.0 Å². The van der Waals surface area contributed by atoms with Crippen molar-refractivity contribution in [2.45, 2.75) is 20.8 Å². The lowest BCUT2D eigenvalue weighted by Crippen LogP contribution is -2.16. The Morgan fingerprint density at radius 3 is 2.17 bits per heavy atom. The first-order chi connectivity index (χ1) is 10.7. The highest BCUT2D eigenvalue weighted by Gasteiger charge is 2.14. The molecule has 2 rings (SSSR count). The summed E-state index contributed by atoms with van der Waals surface area (Å²) in [5.41, 5.74) is 4.25. The number of carbonyl (C=O) groups is 1. The van der Waals surface area contributed by atoms with E-state index >= 15 is 0 Å². The molecule has 0 unspecified atom stereocenters. The van der Waals surface area contributed by atoms with Crippen LogP contribution in [0, 0.1) is 20.8 Å². The Balaban J connectivity index is 2.31. The molecule has 2 N–H and O–H groups in total.